The van der Waals surface area contributed by atoms with E-state index in [0.717, 1.165) is 17.9 Å². The summed E-state index contributed by atoms with van der Waals surface area (Å²) in [6.07, 6.45) is -1.47. The molecule has 21 heavy (non-hydrogen) atoms. The fourth-order valence-corrected chi connectivity index (χ4v) is 2.08. The molecular formula is C14H14ClF3N2O. The van der Waals surface area contributed by atoms with Gasteiger partial charge in [0.05, 0.1) is 11.8 Å². The van der Waals surface area contributed by atoms with Gasteiger partial charge >= 0.3 is 6.18 Å². The second-order valence-electron chi connectivity index (χ2n) is 4.72. The predicted molar refractivity (Wildman–Crippen MR) is 74.4 cm³/mol. The zero-order valence-corrected chi connectivity index (χ0v) is 12.0. The number of aryl methyl sites for hydroxylation is 1. The minimum absolute atomic E-state index is 0.0675. The average molecular weight is 319 g/mol. The molecule has 0 aliphatic heterocycles. The Morgan fingerprint density at radius 3 is 2.76 bits per heavy atom. The van der Waals surface area contributed by atoms with Crippen LogP contribution in [0.4, 0.5) is 19.0 Å². The molecule has 0 amide bonds. The molecule has 1 unspecified atom stereocenters. The Labute approximate surface area is 125 Å². The molecule has 0 bridgehead atoms. The largest absolute Gasteiger partial charge is 0.469 e. The number of furan rings is 1. The van der Waals surface area contributed by atoms with Gasteiger partial charge in [0.1, 0.15) is 16.7 Å². The first-order valence-electron chi connectivity index (χ1n) is 6.38. The van der Waals surface area contributed by atoms with E-state index in [2.05, 4.69) is 10.3 Å². The molecular weight excluding hydrogens is 305 g/mol. The van der Waals surface area contributed by atoms with Crippen LogP contribution in [-0.4, -0.2) is 11.0 Å². The van der Waals surface area contributed by atoms with Crippen molar-refractivity contribution in [1.82, 2.24) is 4.98 Å². The van der Waals surface area contributed by atoms with Gasteiger partial charge in [0.2, 0.25) is 0 Å². The molecule has 1 N–H and O–H groups in total. The van der Waals surface area contributed by atoms with E-state index in [9.17, 15) is 13.2 Å². The lowest BCUT2D eigenvalue weighted by atomic mass is 10.1. The van der Waals surface area contributed by atoms with Gasteiger partial charge in [-0.1, -0.05) is 11.6 Å². The second-order valence-corrected chi connectivity index (χ2v) is 5.11. The number of halogens is 4. The van der Waals surface area contributed by atoms with E-state index < -0.39 is 11.7 Å². The van der Waals surface area contributed by atoms with Crippen LogP contribution in [0.1, 0.15) is 24.7 Å². The lowest BCUT2D eigenvalue weighted by Gasteiger charge is -2.15. The summed E-state index contributed by atoms with van der Waals surface area (Å²) >= 11 is 5.63. The van der Waals surface area contributed by atoms with Crippen molar-refractivity contribution in [3.8, 4) is 0 Å². The molecule has 2 heterocycles. The highest BCUT2D eigenvalue weighted by Crippen LogP contribution is 2.32. The van der Waals surface area contributed by atoms with Crippen molar-refractivity contribution >= 4 is 17.4 Å². The molecule has 0 radical (unpaired) electrons. The van der Waals surface area contributed by atoms with E-state index >= 15 is 0 Å². The molecule has 0 aromatic carbocycles. The van der Waals surface area contributed by atoms with E-state index in [1.807, 2.05) is 13.0 Å². The normalized spacial score (nSPS) is 13.2. The zero-order valence-electron chi connectivity index (χ0n) is 11.2. The number of nitrogens with zero attached hydrogens (tertiary/aromatic N) is 1. The summed E-state index contributed by atoms with van der Waals surface area (Å²) in [5.74, 6) is 0.945. The summed E-state index contributed by atoms with van der Waals surface area (Å²) in [6, 6.07) is 5.34. The van der Waals surface area contributed by atoms with Crippen LogP contribution in [0.5, 0.6) is 0 Å². The van der Waals surface area contributed by atoms with Crippen molar-refractivity contribution in [3.05, 3.63) is 47.0 Å². The second kappa shape index (κ2) is 6.39. The van der Waals surface area contributed by atoms with E-state index in [-0.39, 0.29) is 17.0 Å². The molecule has 0 aliphatic rings. The number of hydrogen-bond acceptors (Lipinski definition) is 3. The molecule has 0 saturated heterocycles. The molecule has 2 aromatic rings. The molecule has 2 rings (SSSR count). The molecule has 0 spiro atoms. The van der Waals surface area contributed by atoms with Crippen LogP contribution in [0, 0.1) is 0 Å². The summed E-state index contributed by atoms with van der Waals surface area (Å²) < 4.78 is 43.3. The highest BCUT2D eigenvalue weighted by molar-refractivity contribution is 6.29. The number of anilines is 1. The third-order valence-electron chi connectivity index (χ3n) is 2.92. The summed E-state index contributed by atoms with van der Waals surface area (Å²) in [7, 11) is 0. The predicted octanol–water partition coefficient (Wildman–Crippen LogP) is 4.78. The monoisotopic (exact) mass is 318 g/mol. The van der Waals surface area contributed by atoms with Gasteiger partial charge in [-0.2, -0.15) is 13.2 Å². The number of nitrogens with one attached hydrogen (secondary N) is 1. The molecule has 0 fully saturated rings. The first-order valence-corrected chi connectivity index (χ1v) is 6.76. The van der Waals surface area contributed by atoms with Gasteiger partial charge in [0.15, 0.2) is 0 Å². The van der Waals surface area contributed by atoms with Crippen molar-refractivity contribution in [2.75, 3.05) is 5.32 Å². The van der Waals surface area contributed by atoms with Crippen LogP contribution in [0.2, 0.25) is 5.15 Å². The van der Waals surface area contributed by atoms with Crippen molar-refractivity contribution in [1.29, 1.82) is 0 Å². The molecule has 3 nitrogen and oxygen atoms in total. The van der Waals surface area contributed by atoms with Gasteiger partial charge in [-0.15, -0.1) is 0 Å². The van der Waals surface area contributed by atoms with Gasteiger partial charge in [-0.05, 0) is 37.6 Å². The molecule has 114 valence electrons. The first-order chi connectivity index (χ1) is 9.84. The number of rotatable bonds is 5. The van der Waals surface area contributed by atoms with Crippen LogP contribution < -0.4 is 5.32 Å². The maximum Gasteiger partial charge on any atom is 0.416 e. The minimum atomic E-state index is -4.44. The minimum Gasteiger partial charge on any atom is -0.469 e. The number of aromatic nitrogens is 1. The van der Waals surface area contributed by atoms with Crippen molar-refractivity contribution in [2.24, 2.45) is 0 Å². The van der Waals surface area contributed by atoms with E-state index in [1.54, 1.807) is 12.3 Å². The zero-order chi connectivity index (χ0) is 15.5. The smallest absolute Gasteiger partial charge is 0.416 e. The van der Waals surface area contributed by atoms with E-state index in [4.69, 9.17) is 16.0 Å². The van der Waals surface area contributed by atoms with Crippen molar-refractivity contribution in [2.45, 2.75) is 32.0 Å². The molecule has 2 aromatic heterocycles. The standard InChI is InChI=1S/C14H14ClF3N2O/c1-9(4-5-11-3-2-6-21-11)19-13-8-10(14(16,17)18)7-12(15)20-13/h2-3,6-9H,4-5H2,1H3,(H,19,20). The SMILES string of the molecule is CC(CCc1ccco1)Nc1cc(C(F)(F)F)cc(Cl)n1. The third-order valence-corrected chi connectivity index (χ3v) is 3.11. The third kappa shape index (κ3) is 4.67. The fraction of sp³-hybridized carbons (Fsp3) is 0.357. The highest BCUT2D eigenvalue weighted by Gasteiger charge is 2.31. The molecule has 1 atom stereocenters. The van der Waals surface area contributed by atoms with Crippen molar-refractivity contribution in [3.63, 3.8) is 0 Å². The number of alkyl halides is 3. The van der Waals surface area contributed by atoms with E-state index in [0.29, 0.717) is 12.8 Å². The van der Waals surface area contributed by atoms with Crippen LogP contribution in [0.3, 0.4) is 0 Å². The lowest BCUT2D eigenvalue weighted by molar-refractivity contribution is -0.137. The van der Waals surface area contributed by atoms with Crippen LogP contribution in [0.25, 0.3) is 0 Å². The Bertz CT molecular complexity index is 584. The van der Waals surface area contributed by atoms with Gasteiger partial charge < -0.3 is 9.73 Å². The van der Waals surface area contributed by atoms with E-state index in [1.165, 1.54) is 0 Å². The summed E-state index contributed by atoms with van der Waals surface area (Å²) in [4.78, 5) is 3.86. The Morgan fingerprint density at radius 1 is 1.38 bits per heavy atom. The van der Waals surface area contributed by atoms with Crippen LogP contribution >= 0.6 is 11.6 Å². The Morgan fingerprint density at radius 2 is 2.14 bits per heavy atom. The summed E-state index contributed by atoms with van der Waals surface area (Å²) in [5, 5.41) is 2.73. The Balaban J connectivity index is 2.00. The highest BCUT2D eigenvalue weighted by atomic mass is 35.5. The topological polar surface area (TPSA) is 38.1 Å². The summed E-state index contributed by atoms with van der Waals surface area (Å²) in [5.41, 5.74) is -0.816. The maximum absolute atomic E-state index is 12.7. The van der Waals surface area contributed by atoms with Crippen LogP contribution in [0.15, 0.2) is 34.9 Å². The quantitative estimate of drug-likeness (QED) is 0.806. The number of hydrogen-bond donors (Lipinski definition) is 1. The maximum atomic E-state index is 12.7. The fourth-order valence-electron chi connectivity index (χ4n) is 1.87. The number of pyridine rings is 1. The first kappa shape index (κ1) is 15.7. The molecule has 7 heteroatoms. The summed E-state index contributed by atoms with van der Waals surface area (Å²) in [6.45, 7) is 1.86. The molecule has 0 aliphatic carbocycles. The van der Waals surface area contributed by atoms with Gasteiger partial charge in [-0.3, -0.25) is 0 Å². The van der Waals surface area contributed by atoms with Gasteiger partial charge in [-0.25, -0.2) is 4.98 Å². The average Bonchev–Trinajstić information content (AvgIpc) is 2.87. The van der Waals surface area contributed by atoms with Gasteiger partial charge in [0.25, 0.3) is 0 Å². The molecule has 0 saturated carbocycles. The Kier molecular flexibility index (Phi) is 4.77. The van der Waals surface area contributed by atoms with Crippen LogP contribution in [-0.2, 0) is 12.6 Å². The van der Waals surface area contributed by atoms with Gasteiger partial charge in [0, 0.05) is 12.5 Å². The lowest BCUT2D eigenvalue weighted by Crippen LogP contribution is -2.17. The Hall–Kier alpha value is -1.69. The van der Waals surface area contributed by atoms with Crippen molar-refractivity contribution < 1.29 is 17.6 Å².